The van der Waals surface area contributed by atoms with Crippen LogP contribution >= 0.6 is 27.5 Å². The van der Waals surface area contributed by atoms with Gasteiger partial charge in [0, 0.05) is 29.2 Å². The van der Waals surface area contributed by atoms with E-state index in [1.165, 1.54) is 19.3 Å². The number of hydrogen-bond acceptors (Lipinski definition) is 2. The molecule has 2 unspecified atom stereocenters. The number of piperidine rings is 1. The Kier molecular flexibility index (Phi) is 4.87. The summed E-state index contributed by atoms with van der Waals surface area (Å²) < 4.78 is 0.826. The van der Waals surface area contributed by atoms with Crippen molar-refractivity contribution in [3.05, 3.63) is 33.3 Å². The number of likely N-dealkylation sites (tertiary alicyclic amines) is 1. The molecular formula is C16H20BrClN2O. The Morgan fingerprint density at radius 2 is 2.19 bits per heavy atom. The van der Waals surface area contributed by atoms with E-state index in [0.717, 1.165) is 30.5 Å². The number of rotatable bonds is 2. The summed E-state index contributed by atoms with van der Waals surface area (Å²) in [6.07, 6.45) is 4.83. The van der Waals surface area contributed by atoms with Crippen LogP contribution in [-0.2, 0) is 0 Å². The molecule has 1 amide bonds. The van der Waals surface area contributed by atoms with E-state index in [4.69, 9.17) is 11.6 Å². The van der Waals surface area contributed by atoms with E-state index in [0.29, 0.717) is 22.5 Å². The third-order valence-corrected chi connectivity index (χ3v) is 5.81. The maximum absolute atomic E-state index is 12.7. The first-order valence-electron chi connectivity index (χ1n) is 7.63. The number of benzene rings is 1. The van der Waals surface area contributed by atoms with Crippen molar-refractivity contribution in [2.45, 2.75) is 31.7 Å². The van der Waals surface area contributed by atoms with Crippen molar-refractivity contribution < 1.29 is 4.79 Å². The highest BCUT2D eigenvalue weighted by Gasteiger charge is 2.31. The third-order valence-electron chi connectivity index (χ3n) is 4.58. The number of halogens is 2. The minimum Gasteiger partial charge on any atom is -0.338 e. The van der Waals surface area contributed by atoms with Gasteiger partial charge in [0.25, 0.3) is 5.91 Å². The SMILES string of the molecule is O=C(c1ccc(Br)c(Cl)c1)N1CCCC(C2CCCN2)C1. The number of nitrogens with one attached hydrogen (secondary N) is 1. The van der Waals surface area contributed by atoms with Crippen molar-refractivity contribution in [1.29, 1.82) is 0 Å². The molecule has 2 fully saturated rings. The molecule has 0 spiro atoms. The van der Waals surface area contributed by atoms with Crippen LogP contribution in [0.15, 0.2) is 22.7 Å². The molecule has 0 bridgehead atoms. The second kappa shape index (κ2) is 6.67. The summed E-state index contributed by atoms with van der Waals surface area (Å²) in [6, 6.07) is 6.03. The fourth-order valence-corrected chi connectivity index (χ4v) is 3.88. The molecule has 0 aliphatic carbocycles. The van der Waals surface area contributed by atoms with Gasteiger partial charge >= 0.3 is 0 Å². The zero-order chi connectivity index (χ0) is 14.8. The molecule has 0 saturated carbocycles. The Morgan fingerprint density at radius 3 is 2.90 bits per heavy atom. The van der Waals surface area contributed by atoms with E-state index in [2.05, 4.69) is 21.2 Å². The molecule has 0 radical (unpaired) electrons. The van der Waals surface area contributed by atoms with E-state index >= 15 is 0 Å². The maximum atomic E-state index is 12.7. The standard InChI is InChI=1S/C16H20BrClN2O/c17-13-6-5-11(9-14(13)18)16(21)20-8-2-3-12(10-20)15-4-1-7-19-15/h5-6,9,12,15,19H,1-4,7-8,10H2. The first kappa shape index (κ1) is 15.3. The van der Waals surface area contributed by atoms with Crippen molar-refractivity contribution in [2.24, 2.45) is 5.92 Å². The fraction of sp³-hybridized carbons (Fsp3) is 0.562. The minimum atomic E-state index is 0.104. The summed E-state index contributed by atoms with van der Waals surface area (Å²) in [4.78, 5) is 14.6. The van der Waals surface area contributed by atoms with E-state index in [9.17, 15) is 4.79 Å². The first-order valence-corrected chi connectivity index (χ1v) is 8.80. The molecule has 3 rings (SSSR count). The molecule has 21 heavy (non-hydrogen) atoms. The number of carbonyl (C=O) groups excluding carboxylic acids is 1. The lowest BCUT2D eigenvalue weighted by molar-refractivity contribution is 0.0651. The van der Waals surface area contributed by atoms with Gasteiger partial charge in [0.1, 0.15) is 0 Å². The lowest BCUT2D eigenvalue weighted by atomic mass is 9.89. The van der Waals surface area contributed by atoms with Gasteiger partial charge in [0.05, 0.1) is 5.02 Å². The summed E-state index contributed by atoms with van der Waals surface area (Å²) in [5, 5.41) is 4.17. The van der Waals surface area contributed by atoms with Crippen LogP contribution in [-0.4, -0.2) is 36.5 Å². The van der Waals surface area contributed by atoms with Gasteiger partial charge in [-0.1, -0.05) is 11.6 Å². The Balaban J connectivity index is 1.70. The molecule has 114 valence electrons. The molecule has 2 aliphatic rings. The molecular weight excluding hydrogens is 352 g/mol. The Labute approximate surface area is 139 Å². The topological polar surface area (TPSA) is 32.3 Å². The van der Waals surface area contributed by atoms with Gasteiger partial charge < -0.3 is 10.2 Å². The van der Waals surface area contributed by atoms with E-state index in [-0.39, 0.29) is 5.91 Å². The zero-order valence-electron chi connectivity index (χ0n) is 11.9. The largest absolute Gasteiger partial charge is 0.338 e. The number of carbonyl (C=O) groups is 1. The van der Waals surface area contributed by atoms with Crippen molar-refractivity contribution in [2.75, 3.05) is 19.6 Å². The highest BCUT2D eigenvalue weighted by Crippen LogP contribution is 2.27. The molecule has 5 heteroatoms. The molecule has 2 saturated heterocycles. The van der Waals surface area contributed by atoms with Crippen LogP contribution in [0.4, 0.5) is 0 Å². The summed E-state index contributed by atoms with van der Waals surface area (Å²) >= 11 is 9.47. The predicted molar refractivity (Wildman–Crippen MR) is 88.8 cm³/mol. The van der Waals surface area contributed by atoms with Crippen LogP contribution in [0.2, 0.25) is 5.02 Å². The summed E-state index contributed by atoms with van der Waals surface area (Å²) in [5.74, 6) is 0.697. The van der Waals surface area contributed by atoms with Gasteiger partial charge in [-0.2, -0.15) is 0 Å². The molecule has 1 aromatic carbocycles. The van der Waals surface area contributed by atoms with Crippen LogP contribution in [0, 0.1) is 5.92 Å². The fourth-order valence-electron chi connectivity index (χ4n) is 3.45. The van der Waals surface area contributed by atoms with Crippen LogP contribution in [0.5, 0.6) is 0 Å². The monoisotopic (exact) mass is 370 g/mol. The number of amides is 1. The van der Waals surface area contributed by atoms with Gasteiger partial charge in [-0.05, 0) is 72.3 Å². The van der Waals surface area contributed by atoms with Crippen LogP contribution in [0.1, 0.15) is 36.0 Å². The normalized spacial score (nSPS) is 26.1. The van der Waals surface area contributed by atoms with E-state index in [1.807, 2.05) is 17.0 Å². The van der Waals surface area contributed by atoms with Crippen LogP contribution < -0.4 is 5.32 Å². The predicted octanol–water partition coefficient (Wildman–Crippen LogP) is 3.71. The highest BCUT2D eigenvalue weighted by molar-refractivity contribution is 9.10. The van der Waals surface area contributed by atoms with Gasteiger partial charge in [0.2, 0.25) is 0 Å². The minimum absolute atomic E-state index is 0.104. The summed E-state index contributed by atoms with van der Waals surface area (Å²) in [6.45, 7) is 2.84. The van der Waals surface area contributed by atoms with Crippen LogP contribution in [0.3, 0.4) is 0 Å². The van der Waals surface area contributed by atoms with Crippen molar-refractivity contribution in [3.63, 3.8) is 0 Å². The molecule has 0 aromatic heterocycles. The van der Waals surface area contributed by atoms with E-state index in [1.54, 1.807) is 6.07 Å². The van der Waals surface area contributed by atoms with Gasteiger partial charge in [-0.25, -0.2) is 0 Å². The molecule has 1 N–H and O–H groups in total. The molecule has 2 aliphatic heterocycles. The van der Waals surface area contributed by atoms with Crippen molar-refractivity contribution >= 4 is 33.4 Å². The molecule has 3 nitrogen and oxygen atoms in total. The van der Waals surface area contributed by atoms with Gasteiger partial charge in [-0.3, -0.25) is 4.79 Å². The highest BCUT2D eigenvalue weighted by atomic mass is 79.9. The van der Waals surface area contributed by atoms with Gasteiger partial charge in [0.15, 0.2) is 0 Å². The Hall–Kier alpha value is -0.580. The molecule has 2 atom stereocenters. The van der Waals surface area contributed by atoms with Crippen molar-refractivity contribution in [3.8, 4) is 0 Å². The smallest absolute Gasteiger partial charge is 0.253 e. The second-order valence-electron chi connectivity index (χ2n) is 5.99. The maximum Gasteiger partial charge on any atom is 0.253 e. The zero-order valence-corrected chi connectivity index (χ0v) is 14.3. The lowest BCUT2D eigenvalue weighted by Crippen LogP contribution is -2.45. The lowest BCUT2D eigenvalue weighted by Gasteiger charge is -2.36. The number of nitrogens with zero attached hydrogens (tertiary/aromatic N) is 1. The average Bonchev–Trinajstić information content (AvgIpc) is 3.04. The van der Waals surface area contributed by atoms with Crippen molar-refractivity contribution in [1.82, 2.24) is 10.2 Å². The summed E-state index contributed by atoms with van der Waals surface area (Å²) in [5.41, 5.74) is 0.684. The summed E-state index contributed by atoms with van der Waals surface area (Å²) in [7, 11) is 0. The molecule has 2 heterocycles. The Morgan fingerprint density at radius 1 is 1.33 bits per heavy atom. The Bertz CT molecular complexity index is 531. The van der Waals surface area contributed by atoms with E-state index < -0.39 is 0 Å². The second-order valence-corrected chi connectivity index (χ2v) is 7.25. The first-order chi connectivity index (χ1) is 10.1. The van der Waals surface area contributed by atoms with Crippen LogP contribution in [0.25, 0.3) is 0 Å². The third kappa shape index (κ3) is 3.43. The molecule has 1 aromatic rings. The number of hydrogen-bond donors (Lipinski definition) is 1. The van der Waals surface area contributed by atoms with Gasteiger partial charge in [-0.15, -0.1) is 0 Å². The quantitative estimate of drug-likeness (QED) is 0.859. The average molecular weight is 372 g/mol.